The maximum atomic E-state index is 12.9. The number of nitrogens with one attached hydrogen (secondary N) is 2. The zero-order valence-corrected chi connectivity index (χ0v) is 20.0. The van der Waals surface area contributed by atoms with Crippen LogP contribution in [0.2, 0.25) is 0 Å². The van der Waals surface area contributed by atoms with Crippen LogP contribution in [-0.2, 0) is 19.6 Å². The monoisotopic (exact) mass is 490 g/mol. The van der Waals surface area contributed by atoms with E-state index in [9.17, 15) is 18.3 Å². The molecule has 2 aromatic carbocycles. The van der Waals surface area contributed by atoms with Gasteiger partial charge < -0.3 is 24.6 Å². The van der Waals surface area contributed by atoms with Gasteiger partial charge in [0.25, 0.3) is 10.0 Å². The third-order valence-electron chi connectivity index (χ3n) is 6.11. The van der Waals surface area contributed by atoms with Crippen molar-refractivity contribution in [2.45, 2.75) is 55.3 Å². The molecular weight excluding hydrogens is 460 g/mol. The highest BCUT2D eigenvalue weighted by Gasteiger charge is 2.46. The summed E-state index contributed by atoms with van der Waals surface area (Å²) in [5, 5.41) is 12.7. The van der Waals surface area contributed by atoms with E-state index >= 15 is 0 Å². The van der Waals surface area contributed by atoms with Gasteiger partial charge in [-0.1, -0.05) is 6.92 Å². The number of anilines is 1. The maximum Gasteiger partial charge on any atom is 0.261 e. The highest BCUT2D eigenvalue weighted by Crippen LogP contribution is 2.47. The third-order valence-corrected chi connectivity index (χ3v) is 7.50. The van der Waals surface area contributed by atoms with Crippen LogP contribution in [0.3, 0.4) is 0 Å². The van der Waals surface area contributed by atoms with Crippen molar-refractivity contribution < 1.29 is 32.5 Å². The first-order valence-corrected chi connectivity index (χ1v) is 12.8. The fourth-order valence-electron chi connectivity index (χ4n) is 4.46. The number of hydrogen-bond donors (Lipinski definition) is 3. The van der Waals surface area contributed by atoms with Crippen LogP contribution in [0.25, 0.3) is 0 Å². The molecule has 4 atom stereocenters. The Bertz CT molecular complexity index is 1120. The lowest BCUT2D eigenvalue weighted by Gasteiger charge is -2.37. The number of carbonyl (C=O) groups is 1. The normalized spacial score (nSPS) is 23.4. The Hall–Kier alpha value is -2.82. The molecule has 184 valence electrons. The molecule has 2 aromatic rings. The Morgan fingerprint density at radius 2 is 1.97 bits per heavy atom. The molecule has 2 heterocycles. The standard InChI is InChI=1S/C24H30N2O7S/c1-3-10-25-23(28)13-17-12-20-19-11-15(4-9-21(19)33-24(20)22(14-27)32-17)26-34(29,30)18-7-5-16(31-2)6-8-18/h4-9,11,17,20,22,24,26-27H,3,10,12-14H2,1-2H3,(H,25,28)/t17-,20-,22+,24+/m0/s1. The average Bonchev–Trinajstić information content (AvgIpc) is 3.20. The molecule has 0 bridgehead atoms. The zero-order chi connectivity index (χ0) is 24.3. The quantitative estimate of drug-likeness (QED) is 0.493. The van der Waals surface area contributed by atoms with E-state index in [0.29, 0.717) is 30.2 Å². The molecule has 34 heavy (non-hydrogen) atoms. The molecule has 0 unspecified atom stereocenters. The molecule has 0 radical (unpaired) electrons. The van der Waals surface area contributed by atoms with E-state index in [2.05, 4.69) is 10.0 Å². The van der Waals surface area contributed by atoms with Gasteiger partial charge in [-0.2, -0.15) is 0 Å². The van der Waals surface area contributed by atoms with Crippen molar-refractivity contribution in [2.24, 2.45) is 0 Å². The molecule has 1 saturated heterocycles. The summed E-state index contributed by atoms with van der Waals surface area (Å²) in [5.74, 6) is 0.966. The lowest BCUT2D eigenvalue weighted by atomic mass is 9.84. The zero-order valence-electron chi connectivity index (χ0n) is 19.2. The Balaban J connectivity index is 1.53. The van der Waals surface area contributed by atoms with Crippen LogP contribution in [0.4, 0.5) is 5.69 Å². The summed E-state index contributed by atoms with van der Waals surface area (Å²) in [4.78, 5) is 12.3. The minimum Gasteiger partial charge on any atom is -0.497 e. The summed E-state index contributed by atoms with van der Waals surface area (Å²) < 4.78 is 45.4. The number of ether oxygens (including phenoxy) is 3. The lowest BCUT2D eigenvalue weighted by Crippen LogP contribution is -2.47. The predicted molar refractivity (Wildman–Crippen MR) is 126 cm³/mol. The molecule has 4 rings (SSSR count). The van der Waals surface area contributed by atoms with E-state index in [4.69, 9.17) is 14.2 Å². The van der Waals surface area contributed by atoms with Crippen molar-refractivity contribution in [3.63, 3.8) is 0 Å². The van der Waals surface area contributed by atoms with Crippen LogP contribution in [0.15, 0.2) is 47.4 Å². The summed E-state index contributed by atoms with van der Waals surface area (Å²) in [5.41, 5.74) is 1.24. The SMILES string of the molecule is CCCNC(=O)C[C@@H]1C[C@H]2c3cc(NS(=O)(=O)c4ccc(OC)cc4)ccc3O[C@H]2[C@@H](CO)O1. The fraction of sp³-hybridized carbons (Fsp3) is 0.458. The van der Waals surface area contributed by atoms with Gasteiger partial charge in [0.05, 0.1) is 31.1 Å². The Morgan fingerprint density at radius 1 is 1.21 bits per heavy atom. The molecule has 9 nitrogen and oxygen atoms in total. The predicted octanol–water partition coefficient (Wildman–Crippen LogP) is 2.41. The summed E-state index contributed by atoms with van der Waals surface area (Å²) in [6, 6.07) is 11.2. The van der Waals surface area contributed by atoms with Gasteiger partial charge in [0, 0.05) is 23.7 Å². The topological polar surface area (TPSA) is 123 Å². The molecule has 10 heteroatoms. The summed E-state index contributed by atoms with van der Waals surface area (Å²) >= 11 is 0. The van der Waals surface area contributed by atoms with E-state index in [1.165, 1.54) is 19.2 Å². The first kappa shape index (κ1) is 24.3. The van der Waals surface area contributed by atoms with Gasteiger partial charge in [-0.25, -0.2) is 8.42 Å². The molecule has 0 saturated carbocycles. The average molecular weight is 491 g/mol. The molecule has 3 N–H and O–H groups in total. The van der Waals surface area contributed by atoms with E-state index in [1.807, 2.05) is 6.92 Å². The van der Waals surface area contributed by atoms with Gasteiger partial charge in [0.1, 0.15) is 23.7 Å². The molecule has 0 aromatic heterocycles. The second kappa shape index (κ2) is 10.2. The maximum absolute atomic E-state index is 12.9. The molecule has 0 aliphatic carbocycles. The van der Waals surface area contributed by atoms with Gasteiger partial charge in [0.2, 0.25) is 5.91 Å². The third kappa shape index (κ3) is 5.13. The molecule has 1 fully saturated rings. The second-order valence-electron chi connectivity index (χ2n) is 8.49. The molecule has 0 spiro atoms. The van der Waals surface area contributed by atoms with Gasteiger partial charge in [-0.05, 0) is 55.3 Å². The number of fused-ring (bicyclic) bond motifs is 3. The number of aliphatic hydroxyl groups is 1. The van der Waals surface area contributed by atoms with E-state index < -0.39 is 22.2 Å². The first-order chi connectivity index (χ1) is 16.3. The van der Waals surface area contributed by atoms with Crippen molar-refractivity contribution >= 4 is 21.6 Å². The molecule has 2 aliphatic heterocycles. The van der Waals surface area contributed by atoms with Gasteiger partial charge in [0.15, 0.2) is 0 Å². The number of rotatable bonds is 9. The van der Waals surface area contributed by atoms with Crippen molar-refractivity contribution in [3.05, 3.63) is 48.0 Å². The van der Waals surface area contributed by atoms with Crippen molar-refractivity contribution in [2.75, 3.05) is 25.0 Å². The van der Waals surface area contributed by atoms with Crippen LogP contribution >= 0.6 is 0 Å². The van der Waals surface area contributed by atoms with Crippen LogP contribution in [0.5, 0.6) is 11.5 Å². The van der Waals surface area contributed by atoms with Crippen molar-refractivity contribution in [1.29, 1.82) is 0 Å². The highest BCUT2D eigenvalue weighted by atomic mass is 32.2. The largest absolute Gasteiger partial charge is 0.497 e. The van der Waals surface area contributed by atoms with Crippen molar-refractivity contribution in [1.82, 2.24) is 5.32 Å². The Kier molecular flexibility index (Phi) is 7.30. The van der Waals surface area contributed by atoms with Crippen LogP contribution < -0.4 is 19.5 Å². The van der Waals surface area contributed by atoms with E-state index in [-0.39, 0.29) is 35.9 Å². The van der Waals surface area contributed by atoms with Crippen molar-refractivity contribution in [3.8, 4) is 11.5 Å². The van der Waals surface area contributed by atoms with Gasteiger partial charge in [-0.15, -0.1) is 0 Å². The summed E-state index contributed by atoms with van der Waals surface area (Å²) in [6.45, 7) is 2.35. The van der Waals surface area contributed by atoms with E-state index in [0.717, 1.165) is 12.0 Å². The minimum absolute atomic E-state index is 0.0952. The van der Waals surface area contributed by atoms with Gasteiger partial charge >= 0.3 is 0 Å². The smallest absolute Gasteiger partial charge is 0.261 e. The number of hydrogen-bond acceptors (Lipinski definition) is 7. The number of carbonyl (C=O) groups excluding carboxylic acids is 1. The molecule has 2 aliphatic rings. The number of sulfonamides is 1. The summed E-state index contributed by atoms with van der Waals surface area (Å²) in [6.07, 6.45) is 0.223. The Morgan fingerprint density at radius 3 is 2.65 bits per heavy atom. The number of aliphatic hydroxyl groups excluding tert-OH is 1. The lowest BCUT2D eigenvalue weighted by molar-refractivity contribution is -0.142. The molecule has 1 amide bonds. The number of benzene rings is 2. The van der Waals surface area contributed by atoms with Crippen LogP contribution in [0, 0.1) is 0 Å². The second-order valence-corrected chi connectivity index (χ2v) is 10.2. The number of methoxy groups -OCH3 is 1. The van der Waals surface area contributed by atoms with Crippen LogP contribution in [0.1, 0.15) is 37.7 Å². The van der Waals surface area contributed by atoms with Crippen LogP contribution in [-0.4, -0.2) is 58.0 Å². The van der Waals surface area contributed by atoms with E-state index in [1.54, 1.807) is 30.3 Å². The molecular formula is C24H30N2O7S. The summed E-state index contributed by atoms with van der Waals surface area (Å²) in [7, 11) is -2.28. The van der Waals surface area contributed by atoms with Gasteiger partial charge in [-0.3, -0.25) is 9.52 Å². The highest BCUT2D eigenvalue weighted by molar-refractivity contribution is 7.92. The minimum atomic E-state index is -3.80. The number of amides is 1. The first-order valence-electron chi connectivity index (χ1n) is 11.3. The fourth-order valence-corrected chi connectivity index (χ4v) is 5.51. The Labute approximate surface area is 199 Å².